The zero-order valence-electron chi connectivity index (χ0n) is 11.1. The van der Waals surface area contributed by atoms with Gasteiger partial charge in [0.1, 0.15) is 17.1 Å². The molecule has 5 heteroatoms. The fourth-order valence-corrected chi connectivity index (χ4v) is 1.80. The molecule has 0 unspecified atom stereocenters. The predicted molar refractivity (Wildman–Crippen MR) is 76.1 cm³/mol. The van der Waals surface area contributed by atoms with Crippen LogP contribution in [0, 0.1) is 0 Å². The van der Waals surface area contributed by atoms with Crippen molar-refractivity contribution in [3.05, 3.63) is 29.3 Å². The molecule has 1 rings (SSSR count). The van der Waals surface area contributed by atoms with E-state index in [0.717, 1.165) is 5.56 Å². The molecule has 4 nitrogen and oxygen atoms in total. The number of benzene rings is 1. The van der Waals surface area contributed by atoms with Gasteiger partial charge in [-0.25, -0.2) is 4.79 Å². The Bertz CT molecular complexity index is 457. The number of hydrogen-bond donors (Lipinski definition) is 0. The third kappa shape index (κ3) is 4.67. The number of carbonyl (C=O) groups excluding carboxylic acids is 2. The lowest BCUT2D eigenvalue weighted by Crippen LogP contribution is -2.09. The summed E-state index contributed by atoms with van der Waals surface area (Å²) in [6, 6.07) is 5.10. The van der Waals surface area contributed by atoms with Crippen molar-refractivity contribution >= 4 is 27.7 Å². The van der Waals surface area contributed by atoms with E-state index >= 15 is 0 Å². The summed E-state index contributed by atoms with van der Waals surface area (Å²) in [6.07, 6.45) is 0.314. The van der Waals surface area contributed by atoms with E-state index in [2.05, 4.69) is 15.9 Å². The predicted octanol–water partition coefficient (Wildman–Crippen LogP) is 2.77. The Labute approximate surface area is 121 Å². The molecule has 1 aromatic rings. The number of hydrogen-bond acceptors (Lipinski definition) is 4. The molecule has 104 valence electrons. The number of halogens is 1. The second-order valence-corrected chi connectivity index (χ2v) is 4.39. The maximum Gasteiger partial charge on any atom is 0.341 e. The van der Waals surface area contributed by atoms with Crippen molar-refractivity contribution in [3.63, 3.8) is 0 Å². The van der Waals surface area contributed by atoms with Crippen LogP contribution in [-0.4, -0.2) is 30.3 Å². The number of ketones is 1. The summed E-state index contributed by atoms with van der Waals surface area (Å²) in [7, 11) is 0. The average Bonchev–Trinajstić information content (AvgIpc) is 2.39. The summed E-state index contributed by atoms with van der Waals surface area (Å²) < 4.78 is 10.4. The number of ether oxygens (including phenoxy) is 2. The highest BCUT2D eigenvalue weighted by atomic mass is 79.9. The monoisotopic (exact) mass is 328 g/mol. The Morgan fingerprint density at radius 3 is 2.53 bits per heavy atom. The van der Waals surface area contributed by atoms with E-state index < -0.39 is 5.97 Å². The van der Waals surface area contributed by atoms with Gasteiger partial charge in [0.2, 0.25) is 0 Å². The summed E-state index contributed by atoms with van der Waals surface area (Å²) in [5.74, 6) is 0.122. The Hall–Kier alpha value is -1.36. The van der Waals surface area contributed by atoms with Crippen molar-refractivity contribution in [2.75, 3.05) is 18.5 Å². The second kappa shape index (κ2) is 7.94. The van der Waals surface area contributed by atoms with E-state index in [1.165, 1.54) is 0 Å². The summed E-state index contributed by atoms with van der Waals surface area (Å²) in [4.78, 5) is 23.1. The van der Waals surface area contributed by atoms with Gasteiger partial charge in [-0.15, -0.1) is 0 Å². The van der Waals surface area contributed by atoms with Crippen LogP contribution in [0.25, 0.3) is 0 Å². The Balaban J connectivity index is 3.00. The van der Waals surface area contributed by atoms with Gasteiger partial charge in [-0.1, -0.05) is 22.0 Å². The zero-order chi connectivity index (χ0) is 14.3. The molecule has 0 radical (unpaired) electrons. The molecular weight excluding hydrogens is 312 g/mol. The SMILES string of the molecule is CCOC(=O)c1ccc(CC(=O)CBr)cc1OCC. The minimum atomic E-state index is -0.413. The minimum Gasteiger partial charge on any atom is -0.493 e. The van der Waals surface area contributed by atoms with Crippen LogP contribution in [0.4, 0.5) is 0 Å². The van der Waals surface area contributed by atoms with Crippen molar-refractivity contribution < 1.29 is 19.1 Å². The van der Waals surface area contributed by atoms with Gasteiger partial charge in [-0.05, 0) is 31.5 Å². The van der Waals surface area contributed by atoms with Gasteiger partial charge in [0.15, 0.2) is 0 Å². The maximum absolute atomic E-state index is 11.8. The van der Waals surface area contributed by atoms with Gasteiger partial charge >= 0.3 is 5.97 Å². The van der Waals surface area contributed by atoms with Crippen LogP contribution in [0.3, 0.4) is 0 Å². The standard InChI is InChI=1S/C14H17BrO4/c1-3-18-13-8-10(7-11(16)9-15)5-6-12(13)14(17)19-4-2/h5-6,8H,3-4,7,9H2,1-2H3. The quantitative estimate of drug-likeness (QED) is 0.570. The number of Topliss-reactive ketones (excluding diaryl/α,β-unsaturated/α-hetero) is 1. The van der Waals surface area contributed by atoms with Crippen molar-refractivity contribution in [1.82, 2.24) is 0 Å². The first-order chi connectivity index (χ1) is 9.12. The molecule has 0 spiro atoms. The molecule has 0 atom stereocenters. The average molecular weight is 329 g/mol. The fourth-order valence-electron chi connectivity index (χ4n) is 1.60. The Morgan fingerprint density at radius 1 is 1.21 bits per heavy atom. The largest absolute Gasteiger partial charge is 0.493 e. The summed E-state index contributed by atoms with van der Waals surface area (Å²) in [5, 5.41) is 0.316. The molecule has 0 saturated heterocycles. The first kappa shape index (κ1) is 15.7. The van der Waals surface area contributed by atoms with Gasteiger partial charge in [0, 0.05) is 6.42 Å². The zero-order valence-corrected chi connectivity index (χ0v) is 12.7. The molecule has 0 aliphatic carbocycles. The molecule has 0 aliphatic rings. The van der Waals surface area contributed by atoms with Gasteiger partial charge in [-0.3, -0.25) is 4.79 Å². The van der Waals surface area contributed by atoms with Gasteiger partial charge in [-0.2, -0.15) is 0 Å². The fraction of sp³-hybridized carbons (Fsp3) is 0.429. The molecule has 1 aromatic carbocycles. The van der Waals surface area contributed by atoms with Crippen LogP contribution in [0.15, 0.2) is 18.2 Å². The second-order valence-electron chi connectivity index (χ2n) is 3.83. The Kier molecular flexibility index (Phi) is 6.56. The highest BCUT2D eigenvalue weighted by Gasteiger charge is 2.15. The smallest absolute Gasteiger partial charge is 0.341 e. The van der Waals surface area contributed by atoms with Gasteiger partial charge < -0.3 is 9.47 Å². The lowest BCUT2D eigenvalue weighted by molar-refractivity contribution is -0.115. The minimum absolute atomic E-state index is 0.0753. The van der Waals surface area contributed by atoms with Crippen LogP contribution in [0.1, 0.15) is 29.8 Å². The molecule has 0 aliphatic heterocycles. The highest BCUT2D eigenvalue weighted by molar-refractivity contribution is 9.09. The Morgan fingerprint density at radius 2 is 1.95 bits per heavy atom. The first-order valence-corrected chi connectivity index (χ1v) is 7.25. The number of alkyl halides is 1. The van der Waals surface area contributed by atoms with Crippen LogP contribution < -0.4 is 4.74 Å². The van der Waals surface area contributed by atoms with E-state index in [-0.39, 0.29) is 5.78 Å². The van der Waals surface area contributed by atoms with E-state index in [4.69, 9.17) is 9.47 Å². The lowest BCUT2D eigenvalue weighted by atomic mass is 10.1. The van der Waals surface area contributed by atoms with Crippen molar-refractivity contribution in [2.45, 2.75) is 20.3 Å². The van der Waals surface area contributed by atoms with Crippen molar-refractivity contribution in [1.29, 1.82) is 0 Å². The summed E-state index contributed by atoms with van der Waals surface area (Å²) in [6.45, 7) is 4.35. The number of carbonyl (C=O) groups is 2. The highest BCUT2D eigenvalue weighted by Crippen LogP contribution is 2.22. The van der Waals surface area contributed by atoms with Gasteiger partial charge in [0.25, 0.3) is 0 Å². The third-order valence-corrected chi connectivity index (χ3v) is 3.02. The van der Waals surface area contributed by atoms with E-state index in [1.54, 1.807) is 25.1 Å². The van der Waals surface area contributed by atoms with Crippen LogP contribution >= 0.6 is 15.9 Å². The van der Waals surface area contributed by atoms with E-state index in [0.29, 0.717) is 36.3 Å². The molecule has 0 heterocycles. The topological polar surface area (TPSA) is 52.6 Å². The normalized spacial score (nSPS) is 10.1. The van der Waals surface area contributed by atoms with Crippen LogP contribution in [0.2, 0.25) is 0 Å². The molecular formula is C14H17BrO4. The molecule has 0 N–H and O–H groups in total. The number of esters is 1. The van der Waals surface area contributed by atoms with Crippen LogP contribution in [0.5, 0.6) is 5.75 Å². The number of rotatable bonds is 7. The van der Waals surface area contributed by atoms with Crippen molar-refractivity contribution in [2.24, 2.45) is 0 Å². The molecule has 0 amide bonds. The molecule has 0 fully saturated rings. The lowest BCUT2D eigenvalue weighted by Gasteiger charge is -2.11. The van der Waals surface area contributed by atoms with E-state index in [9.17, 15) is 9.59 Å². The van der Waals surface area contributed by atoms with Crippen molar-refractivity contribution in [3.8, 4) is 5.75 Å². The molecule has 19 heavy (non-hydrogen) atoms. The van der Waals surface area contributed by atoms with E-state index in [1.807, 2.05) is 6.92 Å². The first-order valence-electron chi connectivity index (χ1n) is 6.12. The molecule has 0 saturated carbocycles. The summed E-state index contributed by atoms with van der Waals surface area (Å²) >= 11 is 3.12. The summed E-state index contributed by atoms with van der Waals surface area (Å²) in [5.41, 5.74) is 1.21. The molecule has 0 aromatic heterocycles. The molecule has 0 bridgehead atoms. The maximum atomic E-state index is 11.8. The third-order valence-electron chi connectivity index (χ3n) is 2.39. The van der Waals surface area contributed by atoms with Crippen LogP contribution in [-0.2, 0) is 16.0 Å². The van der Waals surface area contributed by atoms with Gasteiger partial charge in [0.05, 0.1) is 18.5 Å².